The van der Waals surface area contributed by atoms with Gasteiger partial charge in [-0.3, -0.25) is 0 Å². The highest BCUT2D eigenvalue weighted by atomic mass is 14.9. The minimum absolute atomic E-state index is 0.812. The van der Waals surface area contributed by atoms with Gasteiger partial charge in [-0.2, -0.15) is 0 Å². The molecule has 5 atom stereocenters. The first-order valence-electron chi connectivity index (χ1n) is 8.47. The highest BCUT2D eigenvalue weighted by Gasteiger charge is 2.37. The normalized spacial score (nSPS) is 38.8. The monoisotopic (exact) mass is 251 g/mol. The molecule has 2 saturated carbocycles. The van der Waals surface area contributed by atoms with Crippen LogP contribution in [0, 0.1) is 23.7 Å². The van der Waals surface area contributed by atoms with Crippen molar-refractivity contribution >= 4 is 0 Å². The van der Waals surface area contributed by atoms with Gasteiger partial charge in [-0.15, -0.1) is 0 Å². The highest BCUT2D eigenvalue weighted by molar-refractivity contribution is 4.91. The highest BCUT2D eigenvalue weighted by Crippen LogP contribution is 2.42. The molecule has 2 aliphatic rings. The van der Waals surface area contributed by atoms with E-state index in [0.717, 1.165) is 29.7 Å². The Morgan fingerprint density at radius 1 is 1.00 bits per heavy atom. The predicted molar refractivity (Wildman–Crippen MR) is 79.7 cm³/mol. The molecule has 0 saturated heterocycles. The van der Waals surface area contributed by atoms with Gasteiger partial charge in [0.05, 0.1) is 0 Å². The average Bonchev–Trinajstić information content (AvgIpc) is 2.89. The van der Waals surface area contributed by atoms with Crippen LogP contribution in [0.5, 0.6) is 0 Å². The molecule has 1 N–H and O–H groups in total. The van der Waals surface area contributed by atoms with Crippen molar-refractivity contribution in [1.29, 1.82) is 0 Å². The summed E-state index contributed by atoms with van der Waals surface area (Å²) in [6, 6.07) is 0.812. The minimum atomic E-state index is 0.812. The van der Waals surface area contributed by atoms with Crippen molar-refractivity contribution in [3.8, 4) is 0 Å². The van der Waals surface area contributed by atoms with Crippen LogP contribution in [0.1, 0.15) is 71.6 Å². The van der Waals surface area contributed by atoms with Crippen LogP contribution in [0.4, 0.5) is 0 Å². The summed E-state index contributed by atoms with van der Waals surface area (Å²) in [4.78, 5) is 0. The number of rotatable bonds is 5. The van der Waals surface area contributed by atoms with E-state index >= 15 is 0 Å². The van der Waals surface area contributed by atoms with Crippen LogP contribution in [0.15, 0.2) is 0 Å². The van der Waals surface area contributed by atoms with Crippen LogP contribution >= 0.6 is 0 Å². The van der Waals surface area contributed by atoms with E-state index in [1.54, 1.807) is 0 Å². The van der Waals surface area contributed by atoms with Crippen LogP contribution in [0.25, 0.3) is 0 Å². The van der Waals surface area contributed by atoms with Gasteiger partial charge in [0.25, 0.3) is 0 Å². The molecule has 1 nitrogen and oxygen atoms in total. The van der Waals surface area contributed by atoms with Crippen LogP contribution in [0.3, 0.4) is 0 Å². The van der Waals surface area contributed by atoms with Crippen molar-refractivity contribution in [2.45, 2.75) is 77.7 Å². The van der Waals surface area contributed by atoms with Crippen molar-refractivity contribution in [2.24, 2.45) is 23.7 Å². The molecule has 18 heavy (non-hydrogen) atoms. The minimum Gasteiger partial charge on any atom is -0.316 e. The molecular formula is C17H33N. The second-order valence-corrected chi connectivity index (χ2v) is 6.78. The summed E-state index contributed by atoms with van der Waals surface area (Å²) in [7, 11) is 2.21. The Balaban J connectivity index is 1.98. The van der Waals surface area contributed by atoms with Gasteiger partial charge in [0.2, 0.25) is 0 Å². The fourth-order valence-electron chi connectivity index (χ4n) is 4.83. The maximum absolute atomic E-state index is 3.72. The molecule has 2 aliphatic carbocycles. The summed E-state index contributed by atoms with van der Waals surface area (Å²) in [5, 5.41) is 3.72. The molecule has 0 aromatic carbocycles. The Labute approximate surface area is 114 Å². The van der Waals surface area contributed by atoms with E-state index in [4.69, 9.17) is 0 Å². The van der Waals surface area contributed by atoms with Gasteiger partial charge in [0.1, 0.15) is 0 Å². The molecule has 0 aromatic rings. The number of hydrogen-bond acceptors (Lipinski definition) is 1. The first-order chi connectivity index (χ1) is 8.80. The number of hydrogen-bond donors (Lipinski definition) is 1. The average molecular weight is 251 g/mol. The first-order valence-corrected chi connectivity index (χ1v) is 8.47. The first kappa shape index (κ1) is 14.4. The van der Waals surface area contributed by atoms with Crippen molar-refractivity contribution in [3.05, 3.63) is 0 Å². The summed E-state index contributed by atoms with van der Waals surface area (Å²) in [5.74, 6) is 3.96. The number of nitrogens with one attached hydrogen (secondary N) is 1. The van der Waals surface area contributed by atoms with E-state index in [-0.39, 0.29) is 0 Å². The molecule has 106 valence electrons. The molecule has 0 spiro atoms. The Morgan fingerprint density at radius 3 is 2.39 bits per heavy atom. The molecule has 0 amide bonds. The summed E-state index contributed by atoms with van der Waals surface area (Å²) in [6.45, 7) is 4.77. The van der Waals surface area contributed by atoms with Crippen molar-refractivity contribution in [1.82, 2.24) is 5.32 Å². The zero-order chi connectivity index (χ0) is 13.0. The van der Waals surface area contributed by atoms with E-state index < -0.39 is 0 Å². The van der Waals surface area contributed by atoms with Crippen LogP contribution in [0.2, 0.25) is 0 Å². The fourth-order valence-corrected chi connectivity index (χ4v) is 4.83. The lowest BCUT2D eigenvalue weighted by Crippen LogP contribution is -2.43. The van der Waals surface area contributed by atoms with Gasteiger partial charge in [-0.25, -0.2) is 0 Å². The van der Waals surface area contributed by atoms with Crippen molar-refractivity contribution in [2.75, 3.05) is 7.05 Å². The third-order valence-corrected chi connectivity index (χ3v) is 5.95. The Hall–Kier alpha value is -0.0400. The quantitative estimate of drug-likeness (QED) is 0.752. The fraction of sp³-hybridized carbons (Fsp3) is 1.00. The van der Waals surface area contributed by atoms with Gasteiger partial charge < -0.3 is 5.32 Å². The Kier molecular flexibility index (Phi) is 5.54. The van der Waals surface area contributed by atoms with Gasteiger partial charge in [0, 0.05) is 6.04 Å². The molecule has 1 heteroatoms. The predicted octanol–water partition coefficient (Wildman–Crippen LogP) is 4.62. The lowest BCUT2D eigenvalue weighted by atomic mass is 9.70. The molecular weight excluding hydrogens is 218 g/mol. The van der Waals surface area contributed by atoms with Gasteiger partial charge in [-0.05, 0) is 50.0 Å². The zero-order valence-electron chi connectivity index (χ0n) is 12.8. The van der Waals surface area contributed by atoms with Gasteiger partial charge >= 0.3 is 0 Å². The summed E-state index contributed by atoms with van der Waals surface area (Å²) in [6.07, 6.45) is 13.2. The summed E-state index contributed by atoms with van der Waals surface area (Å²) >= 11 is 0. The lowest BCUT2D eigenvalue weighted by Gasteiger charge is -2.39. The molecule has 0 heterocycles. The summed E-state index contributed by atoms with van der Waals surface area (Å²) < 4.78 is 0. The third-order valence-electron chi connectivity index (χ3n) is 5.95. The second-order valence-electron chi connectivity index (χ2n) is 6.78. The third kappa shape index (κ3) is 3.10. The van der Waals surface area contributed by atoms with Crippen LogP contribution < -0.4 is 5.32 Å². The van der Waals surface area contributed by atoms with Gasteiger partial charge in [0.15, 0.2) is 0 Å². The van der Waals surface area contributed by atoms with E-state index in [9.17, 15) is 0 Å². The maximum Gasteiger partial charge on any atom is 0.0123 e. The van der Waals surface area contributed by atoms with E-state index in [0.29, 0.717) is 0 Å². The molecule has 0 aromatic heterocycles. The molecule has 2 rings (SSSR count). The largest absolute Gasteiger partial charge is 0.316 e. The molecule has 0 radical (unpaired) electrons. The van der Waals surface area contributed by atoms with Crippen molar-refractivity contribution < 1.29 is 0 Å². The zero-order valence-corrected chi connectivity index (χ0v) is 12.8. The molecule has 0 aliphatic heterocycles. The van der Waals surface area contributed by atoms with Crippen molar-refractivity contribution in [3.63, 3.8) is 0 Å². The van der Waals surface area contributed by atoms with Gasteiger partial charge in [-0.1, -0.05) is 52.4 Å². The lowest BCUT2D eigenvalue weighted by molar-refractivity contribution is 0.141. The van der Waals surface area contributed by atoms with Crippen LogP contribution in [-0.2, 0) is 0 Å². The van der Waals surface area contributed by atoms with Crippen LogP contribution in [-0.4, -0.2) is 13.1 Å². The Morgan fingerprint density at radius 2 is 1.78 bits per heavy atom. The molecule has 5 unspecified atom stereocenters. The standard InChI is InChI=1S/C17H33N/c1-4-13-10-11-15(12-13)17(18-3)16-9-7-6-8-14(16)5-2/h13-18H,4-12H2,1-3H3. The summed E-state index contributed by atoms with van der Waals surface area (Å²) in [5.41, 5.74) is 0. The molecule has 0 bridgehead atoms. The maximum atomic E-state index is 3.72. The SMILES string of the molecule is CCC1CCC(C(NC)C2CCCCC2CC)C1. The Bertz CT molecular complexity index is 238. The topological polar surface area (TPSA) is 12.0 Å². The smallest absolute Gasteiger partial charge is 0.0123 e. The molecule has 2 fully saturated rings. The van der Waals surface area contributed by atoms with E-state index in [1.807, 2.05) is 0 Å². The van der Waals surface area contributed by atoms with E-state index in [1.165, 1.54) is 57.8 Å². The second kappa shape index (κ2) is 6.93. The van der Waals surface area contributed by atoms with E-state index in [2.05, 4.69) is 26.2 Å².